The van der Waals surface area contributed by atoms with E-state index >= 15 is 0 Å². The van der Waals surface area contributed by atoms with Gasteiger partial charge in [-0.15, -0.1) is 0 Å². The Morgan fingerprint density at radius 3 is 2.58 bits per heavy atom. The highest BCUT2D eigenvalue weighted by atomic mass is 19.1. The summed E-state index contributed by atoms with van der Waals surface area (Å²) in [6.07, 6.45) is -0.507. The van der Waals surface area contributed by atoms with Crippen LogP contribution in [0.1, 0.15) is 32.5 Å². The smallest absolute Gasteiger partial charge is 0.270 e. The Morgan fingerprint density at radius 2 is 1.85 bits per heavy atom. The minimum absolute atomic E-state index is 0.245. The predicted octanol–water partition coefficient (Wildman–Crippen LogP) is 5.47. The van der Waals surface area contributed by atoms with Crippen molar-refractivity contribution in [3.8, 4) is 11.3 Å². The van der Waals surface area contributed by atoms with E-state index in [1.54, 1.807) is 48.3 Å². The van der Waals surface area contributed by atoms with E-state index in [1.165, 1.54) is 25.2 Å². The van der Waals surface area contributed by atoms with E-state index in [9.17, 15) is 18.4 Å². The molecule has 10 heteroatoms. The van der Waals surface area contributed by atoms with Crippen LogP contribution in [0.5, 0.6) is 0 Å². The molecule has 3 N–H and O–H groups in total. The predicted molar refractivity (Wildman–Crippen MR) is 147 cm³/mol. The number of hydrogen-bond donors (Lipinski definition) is 3. The number of fused-ring (bicyclic) bond motifs is 2. The Kier molecular flexibility index (Phi) is 6.47. The molecule has 1 unspecified atom stereocenters. The first-order valence-electron chi connectivity index (χ1n) is 12.8. The van der Waals surface area contributed by atoms with Gasteiger partial charge in [0.1, 0.15) is 34.8 Å². The Bertz CT molecular complexity index is 1760. The van der Waals surface area contributed by atoms with Crippen molar-refractivity contribution >= 4 is 39.4 Å². The molecule has 0 bridgehead atoms. The summed E-state index contributed by atoms with van der Waals surface area (Å²) in [5.74, 6) is -1.11. The third-order valence-corrected chi connectivity index (χ3v) is 7.23. The first-order chi connectivity index (χ1) is 19.4. The first kappa shape index (κ1) is 25.6. The topological polar surface area (TPSA) is 99.6 Å². The van der Waals surface area contributed by atoms with Gasteiger partial charge in [-0.25, -0.2) is 8.78 Å². The quantitative estimate of drug-likeness (QED) is 0.272. The van der Waals surface area contributed by atoms with Crippen LogP contribution in [0.4, 0.5) is 14.5 Å². The molecule has 0 spiro atoms. The van der Waals surface area contributed by atoms with Crippen molar-refractivity contribution in [2.45, 2.75) is 6.10 Å². The summed E-state index contributed by atoms with van der Waals surface area (Å²) in [5, 5.41) is 7.00. The lowest BCUT2D eigenvalue weighted by atomic mass is 9.99. The Morgan fingerprint density at radius 1 is 1.05 bits per heavy atom. The van der Waals surface area contributed by atoms with Crippen molar-refractivity contribution < 1.29 is 27.5 Å². The van der Waals surface area contributed by atoms with Gasteiger partial charge < -0.3 is 29.7 Å². The standard InChI is InChI=1S/C30H26F2N4O4/c1-33-22-14-24-20(26(29(37)34-2)28(40-24)16-6-8-18(31)9-7-16)13-19(22)25-15-36(10-11-39-25)30(38)23-12-17-4-3-5-21(32)27(17)35-23/h3-9,12-14,25,33,35H,10-11,15H2,1-2H3,(H,34,37). The van der Waals surface area contributed by atoms with Crippen molar-refractivity contribution in [1.82, 2.24) is 15.2 Å². The van der Waals surface area contributed by atoms with E-state index < -0.39 is 17.7 Å². The summed E-state index contributed by atoms with van der Waals surface area (Å²) < 4.78 is 40.0. The number of aromatic nitrogens is 1. The summed E-state index contributed by atoms with van der Waals surface area (Å²) in [6.45, 7) is 0.907. The fourth-order valence-corrected chi connectivity index (χ4v) is 5.22. The van der Waals surface area contributed by atoms with Gasteiger partial charge in [0.05, 0.1) is 24.2 Å². The number of carbonyl (C=O) groups is 2. The van der Waals surface area contributed by atoms with Crippen LogP contribution in [0.2, 0.25) is 0 Å². The van der Waals surface area contributed by atoms with Crippen LogP contribution in [0, 0.1) is 11.6 Å². The number of nitrogens with one attached hydrogen (secondary N) is 3. The van der Waals surface area contributed by atoms with Gasteiger partial charge in [0.25, 0.3) is 11.8 Å². The molecular weight excluding hydrogens is 518 g/mol. The van der Waals surface area contributed by atoms with Crippen LogP contribution < -0.4 is 10.6 Å². The molecule has 3 heterocycles. The number of anilines is 1. The number of amides is 2. The fourth-order valence-electron chi connectivity index (χ4n) is 5.22. The molecule has 0 aliphatic carbocycles. The normalized spacial score (nSPS) is 15.5. The molecule has 204 valence electrons. The summed E-state index contributed by atoms with van der Waals surface area (Å²) >= 11 is 0. The molecule has 1 aliphatic heterocycles. The third kappa shape index (κ3) is 4.36. The van der Waals surface area contributed by atoms with Crippen LogP contribution in [0.3, 0.4) is 0 Å². The Hall–Kier alpha value is -4.70. The van der Waals surface area contributed by atoms with Crippen LogP contribution in [-0.2, 0) is 4.74 Å². The number of morpholine rings is 1. The number of rotatable bonds is 5. The van der Waals surface area contributed by atoms with Gasteiger partial charge in [0, 0.05) is 54.3 Å². The van der Waals surface area contributed by atoms with Crippen molar-refractivity contribution in [1.29, 1.82) is 0 Å². The number of para-hydroxylation sites is 1. The lowest BCUT2D eigenvalue weighted by Gasteiger charge is -2.33. The van der Waals surface area contributed by atoms with E-state index in [0.29, 0.717) is 57.8 Å². The van der Waals surface area contributed by atoms with Gasteiger partial charge in [-0.1, -0.05) is 12.1 Å². The number of benzene rings is 3. The highest BCUT2D eigenvalue weighted by molar-refractivity contribution is 6.11. The number of H-pyrrole nitrogens is 1. The number of carbonyl (C=O) groups excluding carboxylic acids is 2. The molecule has 3 aromatic carbocycles. The van der Waals surface area contributed by atoms with Crippen LogP contribution in [0.15, 0.2) is 65.1 Å². The minimum atomic E-state index is -0.507. The zero-order valence-electron chi connectivity index (χ0n) is 21.8. The highest BCUT2D eigenvalue weighted by Crippen LogP contribution is 2.39. The molecule has 1 fully saturated rings. The second-order valence-corrected chi connectivity index (χ2v) is 9.58. The molecule has 6 rings (SSSR count). The van der Waals surface area contributed by atoms with Gasteiger partial charge in [0.2, 0.25) is 0 Å². The molecule has 2 amide bonds. The molecular formula is C30H26F2N4O4. The van der Waals surface area contributed by atoms with Gasteiger partial charge in [-0.3, -0.25) is 9.59 Å². The second-order valence-electron chi connectivity index (χ2n) is 9.58. The maximum atomic E-state index is 14.2. The first-order valence-corrected chi connectivity index (χ1v) is 12.8. The molecule has 2 aromatic heterocycles. The number of halogens is 2. The average molecular weight is 545 g/mol. The SMILES string of the molecule is CNC(=O)c1c(-c2ccc(F)cc2)oc2cc(NC)c(C3CN(C(=O)c4cc5cccc(F)c5[nH]4)CCO3)cc12. The molecule has 0 radical (unpaired) electrons. The molecule has 5 aromatic rings. The Labute approximate surface area is 227 Å². The van der Waals surface area contributed by atoms with Crippen LogP contribution in [-0.4, -0.2) is 55.5 Å². The molecule has 1 aliphatic rings. The minimum Gasteiger partial charge on any atom is -0.455 e. The maximum Gasteiger partial charge on any atom is 0.270 e. The summed E-state index contributed by atoms with van der Waals surface area (Å²) in [6, 6.07) is 15.7. The zero-order valence-corrected chi connectivity index (χ0v) is 21.8. The maximum absolute atomic E-state index is 14.2. The molecule has 1 atom stereocenters. The number of furan rings is 1. The fraction of sp³-hybridized carbons (Fsp3) is 0.200. The van der Waals surface area contributed by atoms with Crippen molar-refractivity contribution in [3.05, 3.63) is 89.1 Å². The van der Waals surface area contributed by atoms with Gasteiger partial charge >= 0.3 is 0 Å². The van der Waals surface area contributed by atoms with E-state index in [4.69, 9.17) is 9.15 Å². The van der Waals surface area contributed by atoms with E-state index in [0.717, 1.165) is 5.56 Å². The number of ether oxygens (including phenoxy) is 1. The van der Waals surface area contributed by atoms with Crippen molar-refractivity contribution in [3.63, 3.8) is 0 Å². The van der Waals surface area contributed by atoms with Crippen LogP contribution >= 0.6 is 0 Å². The lowest BCUT2D eigenvalue weighted by molar-refractivity contribution is -0.0226. The molecule has 40 heavy (non-hydrogen) atoms. The molecule has 8 nitrogen and oxygen atoms in total. The monoisotopic (exact) mass is 544 g/mol. The number of hydrogen-bond acceptors (Lipinski definition) is 5. The summed E-state index contributed by atoms with van der Waals surface area (Å²) in [7, 11) is 3.29. The zero-order chi connectivity index (χ0) is 28.0. The lowest BCUT2D eigenvalue weighted by Crippen LogP contribution is -2.42. The molecule has 0 saturated carbocycles. The summed E-state index contributed by atoms with van der Waals surface area (Å²) in [4.78, 5) is 31.0. The summed E-state index contributed by atoms with van der Waals surface area (Å²) in [5.41, 5.74) is 3.38. The van der Waals surface area contributed by atoms with Gasteiger partial charge in [-0.05, 0) is 42.5 Å². The molecule has 1 saturated heterocycles. The van der Waals surface area contributed by atoms with E-state index in [1.807, 2.05) is 6.07 Å². The second kappa shape index (κ2) is 10.1. The Balaban J connectivity index is 1.38. The average Bonchev–Trinajstić information content (AvgIpc) is 3.58. The van der Waals surface area contributed by atoms with Gasteiger partial charge in [0.15, 0.2) is 0 Å². The third-order valence-electron chi connectivity index (χ3n) is 7.23. The van der Waals surface area contributed by atoms with Crippen LogP contribution in [0.25, 0.3) is 33.2 Å². The van der Waals surface area contributed by atoms with Crippen molar-refractivity contribution in [2.24, 2.45) is 0 Å². The van der Waals surface area contributed by atoms with Gasteiger partial charge in [-0.2, -0.15) is 0 Å². The van der Waals surface area contributed by atoms with Crippen molar-refractivity contribution in [2.75, 3.05) is 39.1 Å². The number of nitrogens with zero attached hydrogens (tertiary/aromatic N) is 1. The van der Waals surface area contributed by atoms with E-state index in [2.05, 4.69) is 15.6 Å². The largest absolute Gasteiger partial charge is 0.455 e. The number of aromatic amines is 1. The van der Waals surface area contributed by atoms with E-state index in [-0.39, 0.29) is 23.9 Å². The highest BCUT2D eigenvalue weighted by Gasteiger charge is 2.30.